The predicted molar refractivity (Wildman–Crippen MR) is 156 cm³/mol. The van der Waals surface area contributed by atoms with Crippen LogP contribution in [0.1, 0.15) is 150 Å². The molecule has 4 rings (SSSR count). The highest BCUT2D eigenvalue weighted by Gasteiger charge is 2.59. The molecule has 0 radical (unpaired) electrons. The minimum Gasteiger partial charge on any atom is -0.481 e. The van der Waals surface area contributed by atoms with E-state index in [-0.39, 0.29) is 0 Å². The minimum absolute atomic E-state index is 0.343. The molecule has 0 aliphatic heterocycles. The third-order valence-electron chi connectivity index (χ3n) is 12.4. The Kier molecular flexibility index (Phi) is 9.94. The van der Waals surface area contributed by atoms with Gasteiger partial charge < -0.3 is 5.11 Å². The lowest BCUT2D eigenvalue weighted by molar-refractivity contribution is -0.137. The lowest BCUT2D eigenvalue weighted by atomic mass is 9.46. The average Bonchev–Trinajstić information content (AvgIpc) is 3.20. The summed E-state index contributed by atoms with van der Waals surface area (Å²) >= 11 is 0. The predicted octanol–water partition coefficient (Wildman–Crippen LogP) is 10.5. The van der Waals surface area contributed by atoms with Gasteiger partial charge in [-0.25, -0.2) is 0 Å². The van der Waals surface area contributed by atoms with Crippen molar-refractivity contribution in [1.29, 1.82) is 0 Å². The van der Waals surface area contributed by atoms with Gasteiger partial charge in [-0.2, -0.15) is 0 Å². The second-order valence-electron chi connectivity index (χ2n) is 15.1. The van der Waals surface area contributed by atoms with Gasteiger partial charge in [-0.15, -0.1) is 0 Å². The number of carboxylic acid groups (broad SMARTS) is 1. The number of aliphatic carboxylic acids is 1. The van der Waals surface area contributed by atoms with Gasteiger partial charge in [-0.05, 0) is 110 Å². The number of unbranched alkanes of at least 4 members (excludes halogenated alkanes) is 4. The van der Waals surface area contributed by atoms with Gasteiger partial charge in [-0.1, -0.05) is 97.6 Å². The maximum Gasteiger partial charge on any atom is 0.303 e. The fraction of sp³-hybridized carbons (Fsp3) is 0.914. The zero-order valence-corrected chi connectivity index (χ0v) is 25.2. The molecule has 0 heterocycles. The van der Waals surface area contributed by atoms with E-state index >= 15 is 0 Å². The molecule has 37 heavy (non-hydrogen) atoms. The zero-order valence-electron chi connectivity index (χ0n) is 25.2. The Morgan fingerprint density at radius 2 is 1.68 bits per heavy atom. The molecule has 1 N–H and O–H groups in total. The number of carbonyl (C=O) groups is 1. The normalized spacial score (nSPS) is 38.0. The van der Waals surface area contributed by atoms with Crippen molar-refractivity contribution in [3.05, 3.63) is 11.6 Å². The number of hydrogen-bond acceptors (Lipinski definition) is 1. The largest absolute Gasteiger partial charge is 0.481 e. The van der Waals surface area contributed by atoms with E-state index in [1.54, 1.807) is 0 Å². The summed E-state index contributed by atoms with van der Waals surface area (Å²) in [5, 5.41) is 8.80. The van der Waals surface area contributed by atoms with Gasteiger partial charge in [0, 0.05) is 6.42 Å². The van der Waals surface area contributed by atoms with Crippen LogP contribution in [0.2, 0.25) is 0 Å². The van der Waals surface area contributed by atoms with Gasteiger partial charge >= 0.3 is 5.97 Å². The van der Waals surface area contributed by atoms with Gasteiger partial charge in [0.25, 0.3) is 0 Å². The first-order chi connectivity index (χ1) is 17.6. The first-order valence-corrected chi connectivity index (χ1v) is 16.6. The second-order valence-corrected chi connectivity index (χ2v) is 15.1. The lowest BCUT2D eigenvalue weighted by Crippen LogP contribution is -2.50. The molecular formula is C35H60O2. The molecule has 0 aromatic carbocycles. The van der Waals surface area contributed by atoms with E-state index in [4.69, 9.17) is 5.11 Å². The summed E-state index contributed by atoms with van der Waals surface area (Å²) in [5.41, 5.74) is 2.94. The Balaban J connectivity index is 1.30. The number of carboxylic acids is 1. The molecule has 2 nitrogen and oxygen atoms in total. The van der Waals surface area contributed by atoms with Crippen molar-refractivity contribution in [2.45, 2.75) is 150 Å². The van der Waals surface area contributed by atoms with Gasteiger partial charge in [0.1, 0.15) is 0 Å². The summed E-state index contributed by atoms with van der Waals surface area (Å²) in [4.78, 5) is 10.7. The van der Waals surface area contributed by atoms with Crippen LogP contribution in [-0.4, -0.2) is 11.1 Å². The van der Waals surface area contributed by atoms with E-state index in [1.807, 2.05) is 5.57 Å². The zero-order chi connectivity index (χ0) is 26.6. The molecule has 0 aromatic heterocycles. The van der Waals surface area contributed by atoms with Crippen LogP contribution in [0.15, 0.2) is 11.6 Å². The first-order valence-electron chi connectivity index (χ1n) is 16.6. The molecule has 212 valence electrons. The van der Waals surface area contributed by atoms with E-state index in [1.165, 1.54) is 96.3 Å². The Morgan fingerprint density at radius 3 is 2.43 bits per heavy atom. The Labute approximate surface area is 229 Å². The molecular weight excluding hydrogens is 452 g/mol. The van der Waals surface area contributed by atoms with E-state index in [9.17, 15) is 4.79 Å². The monoisotopic (exact) mass is 512 g/mol. The second kappa shape index (κ2) is 12.6. The molecule has 4 unspecified atom stereocenters. The number of rotatable bonds is 13. The molecule has 0 bridgehead atoms. The van der Waals surface area contributed by atoms with E-state index in [2.05, 4.69) is 40.7 Å². The van der Waals surface area contributed by atoms with Crippen LogP contribution < -0.4 is 0 Å². The highest BCUT2D eigenvalue weighted by molar-refractivity contribution is 5.66. The fourth-order valence-electron chi connectivity index (χ4n) is 10.2. The molecule has 0 aromatic rings. The molecule has 3 saturated carbocycles. The standard InChI is InChI=1S/C35H60O2/c1-25(2)12-11-13-26(3)30-18-19-31-29-17-16-28-24-27(14-9-7-6-8-10-15-33(36)37)20-22-34(28,4)32(29)21-23-35(30,31)5/h16,25-27,29-32H,6-15,17-24H2,1-5H3,(H,36,37)/t26-,27?,29?,30-,31?,32?,34+,35-/m1/s1. The van der Waals surface area contributed by atoms with Crippen LogP contribution in [0.25, 0.3) is 0 Å². The van der Waals surface area contributed by atoms with E-state index in [0.29, 0.717) is 17.3 Å². The quantitative estimate of drug-likeness (QED) is 0.197. The third kappa shape index (κ3) is 6.51. The smallest absolute Gasteiger partial charge is 0.303 e. The number of hydrogen-bond donors (Lipinski definition) is 1. The average molecular weight is 513 g/mol. The van der Waals surface area contributed by atoms with Crippen LogP contribution in [0, 0.1) is 52.3 Å². The maximum atomic E-state index is 10.7. The van der Waals surface area contributed by atoms with Crippen LogP contribution >= 0.6 is 0 Å². The minimum atomic E-state index is -0.643. The van der Waals surface area contributed by atoms with Crippen molar-refractivity contribution in [2.24, 2.45) is 52.3 Å². The molecule has 4 aliphatic carbocycles. The summed E-state index contributed by atoms with van der Waals surface area (Å²) in [7, 11) is 0. The fourth-order valence-corrected chi connectivity index (χ4v) is 10.2. The van der Waals surface area contributed by atoms with Crippen LogP contribution in [-0.2, 0) is 4.79 Å². The third-order valence-corrected chi connectivity index (χ3v) is 12.4. The molecule has 8 atom stereocenters. The molecule has 0 saturated heterocycles. The SMILES string of the molecule is CC(C)CCC[C@@H](C)[C@H]1CCC2C3CC=C4CC(CCCCCCCC(=O)O)CC[C@]4(C)C3CC[C@@]21C. The topological polar surface area (TPSA) is 37.3 Å². The van der Waals surface area contributed by atoms with E-state index < -0.39 is 5.97 Å². The molecule has 3 fully saturated rings. The van der Waals surface area contributed by atoms with Crippen LogP contribution in [0.5, 0.6) is 0 Å². The molecule has 0 spiro atoms. The summed E-state index contributed by atoms with van der Waals surface area (Å²) in [6, 6.07) is 0. The van der Waals surface area contributed by atoms with Gasteiger partial charge in [0.15, 0.2) is 0 Å². The molecule has 0 amide bonds. The van der Waals surface area contributed by atoms with Crippen molar-refractivity contribution >= 4 is 5.97 Å². The van der Waals surface area contributed by atoms with Gasteiger partial charge in [0.2, 0.25) is 0 Å². The molecule has 4 aliphatic rings. The first kappa shape index (κ1) is 29.2. The molecule has 2 heteroatoms. The van der Waals surface area contributed by atoms with Crippen molar-refractivity contribution < 1.29 is 9.90 Å². The summed E-state index contributed by atoms with van der Waals surface area (Å²) < 4.78 is 0. The highest BCUT2D eigenvalue weighted by Crippen LogP contribution is 2.67. The van der Waals surface area contributed by atoms with Crippen molar-refractivity contribution in [2.75, 3.05) is 0 Å². The summed E-state index contributed by atoms with van der Waals surface area (Å²) in [6.07, 6.45) is 26.2. The van der Waals surface area contributed by atoms with Crippen LogP contribution in [0.4, 0.5) is 0 Å². The Bertz CT molecular complexity index is 782. The van der Waals surface area contributed by atoms with Crippen molar-refractivity contribution in [3.8, 4) is 0 Å². The van der Waals surface area contributed by atoms with E-state index in [0.717, 1.165) is 54.3 Å². The Hall–Kier alpha value is -0.790. The van der Waals surface area contributed by atoms with Crippen LogP contribution in [0.3, 0.4) is 0 Å². The van der Waals surface area contributed by atoms with Crippen molar-refractivity contribution in [1.82, 2.24) is 0 Å². The van der Waals surface area contributed by atoms with Gasteiger partial charge in [-0.3, -0.25) is 4.79 Å². The van der Waals surface area contributed by atoms with Gasteiger partial charge in [0.05, 0.1) is 0 Å². The highest BCUT2D eigenvalue weighted by atomic mass is 16.4. The summed E-state index contributed by atoms with van der Waals surface area (Å²) in [6.45, 7) is 12.8. The van der Waals surface area contributed by atoms with Crippen molar-refractivity contribution in [3.63, 3.8) is 0 Å². The number of fused-ring (bicyclic) bond motifs is 5. The summed E-state index contributed by atoms with van der Waals surface area (Å²) in [5.74, 6) is 5.83. The number of allylic oxidation sites excluding steroid dienone is 2. The lowest BCUT2D eigenvalue weighted by Gasteiger charge is -2.58. The Morgan fingerprint density at radius 1 is 0.919 bits per heavy atom. The maximum absolute atomic E-state index is 10.7.